The van der Waals surface area contributed by atoms with Gasteiger partial charge in [-0.2, -0.15) is 5.10 Å². The molecule has 2 aromatic carbocycles. The van der Waals surface area contributed by atoms with Crippen LogP contribution >= 0.6 is 0 Å². The Morgan fingerprint density at radius 1 is 1.11 bits per heavy atom. The lowest BCUT2D eigenvalue weighted by Crippen LogP contribution is -2.48. The number of ether oxygens (including phenoxy) is 2. The van der Waals surface area contributed by atoms with Crippen LogP contribution in [0.4, 0.5) is 11.4 Å². The molecular formula is C40H52N10O7. The first-order valence-corrected chi connectivity index (χ1v) is 18.7. The average molecular weight is 785 g/mol. The van der Waals surface area contributed by atoms with E-state index in [1.807, 2.05) is 26.8 Å². The Hall–Kier alpha value is -6.07. The molecule has 0 aliphatic carbocycles. The molecule has 0 spiro atoms. The Kier molecular flexibility index (Phi) is 15.9. The van der Waals surface area contributed by atoms with Gasteiger partial charge in [0, 0.05) is 88.5 Å². The molecule has 17 nitrogen and oxygen atoms in total. The summed E-state index contributed by atoms with van der Waals surface area (Å²) in [6, 6.07) is 10.1. The standard InChI is InChI=1S/C40H52N10O7/c1-27(8-13-35(53)46-26-52)48(6)38(54)32-23-30(11-9-28(32)25-51)50-19-17-49(18-20-50)16-15-44-14-7-21-56-37(47-43-5)33(36(41)42-4)24-45-29-10-12-31-34(22-29)40(2,3)57-39(31)55/h9-12,22-27,41,44,47H,4-5,7-8,13-21H2,1-3,6H3,(H,46,52,53)/b37-33+,41-36?,45-24?. The number of nitrogens with zero attached hydrogens (tertiary/aromatic N) is 6. The van der Waals surface area contributed by atoms with Crippen molar-refractivity contribution in [1.29, 1.82) is 5.41 Å². The maximum absolute atomic E-state index is 13.4. The Balaban J connectivity index is 1.23. The zero-order valence-corrected chi connectivity index (χ0v) is 33.0. The third-order valence-electron chi connectivity index (χ3n) is 9.87. The van der Waals surface area contributed by atoms with Crippen molar-refractivity contribution in [3.05, 3.63) is 70.1 Å². The number of piperazine rings is 1. The maximum Gasteiger partial charge on any atom is 0.339 e. The van der Waals surface area contributed by atoms with E-state index in [9.17, 15) is 24.0 Å². The summed E-state index contributed by atoms with van der Waals surface area (Å²) in [6.45, 7) is 18.1. The van der Waals surface area contributed by atoms with Crippen LogP contribution in [0.15, 0.2) is 62.9 Å². The lowest BCUT2D eigenvalue weighted by molar-refractivity contribution is -0.125. The monoisotopic (exact) mass is 784 g/mol. The molecule has 2 aliphatic rings. The second kappa shape index (κ2) is 20.7. The minimum atomic E-state index is -0.776. The molecule has 0 radical (unpaired) electrons. The van der Waals surface area contributed by atoms with Crippen LogP contribution in [0.2, 0.25) is 0 Å². The van der Waals surface area contributed by atoms with Crippen LogP contribution in [0.25, 0.3) is 0 Å². The minimum Gasteiger partial charge on any atom is -0.477 e. The molecule has 4 N–H and O–H groups in total. The van der Waals surface area contributed by atoms with Gasteiger partial charge in [0.2, 0.25) is 18.2 Å². The molecule has 17 heteroatoms. The van der Waals surface area contributed by atoms with Crippen molar-refractivity contribution in [2.75, 3.05) is 64.4 Å². The van der Waals surface area contributed by atoms with Gasteiger partial charge in [0.05, 0.1) is 29.0 Å². The van der Waals surface area contributed by atoms with Gasteiger partial charge in [-0.3, -0.25) is 39.8 Å². The van der Waals surface area contributed by atoms with Crippen molar-refractivity contribution in [3.8, 4) is 0 Å². The number of aldehydes is 1. The fraction of sp³-hybridized carbons (Fsp3) is 0.425. The number of hydrogen-bond donors (Lipinski definition) is 4. The second-order valence-corrected chi connectivity index (χ2v) is 14.1. The number of anilines is 1. The number of esters is 1. The van der Waals surface area contributed by atoms with E-state index < -0.39 is 11.5 Å². The maximum atomic E-state index is 13.4. The lowest BCUT2D eigenvalue weighted by Gasteiger charge is -2.36. The van der Waals surface area contributed by atoms with E-state index in [1.165, 1.54) is 11.1 Å². The number of cyclic esters (lactones) is 1. The third-order valence-corrected chi connectivity index (χ3v) is 9.87. The number of amidine groups is 1. The molecule has 2 aromatic rings. The Morgan fingerprint density at radius 2 is 1.86 bits per heavy atom. The Bertz CT molecular complexity index is 1900. The number of amides is 3. The van der Waals surface area contributed by atoms with Crippen molar-refractivity contribution < 1.29 is 33.4 Å². The van der Waals surface area contributed by atoms with E-state index in [0.717, 1.165) is 50.5 Å². The van der Waals surface area contributed by atoms with Gasteiger partial charge in [-0.15, -0.1) is 0 Å². The zero-order chi connectivity index (χ0) is 41.5. The Morgan fingerprint density at radius 3 is 2.54 bits per heavy atom. The number of aliphatic imine (C=N–C) groups is 2. The van der Waals surface area contributed by atoms with Crippen LogP contribution in [0.1, 0.15) is 76.7 Å². The molecule has 3 amide bonds. The first-order valence-electron chi connectivity index (χ1n) is 18.7. The van der Waals surface area contributed by atoms with Gasteiger partial charge in [0.15, 0.2) is 12.1 Å². The molecule has 0 saturated carbocycles. The van der Waals surface area contributed by atoms with Crippen molar-refractivity contribution >= 4 is 67.3 Å². The van der Waals surface area contributed by atoms with E-state index in [2.05, 4.69) is 54.4 Å². The van der Waals surface area contributed by atoms with Crippen molar-refractivity contribution in [2.24, 2.45) is 15.1 Å². The van der Waals surface area contributed by atoms with E-state index in [0.29, 0.717) is 61.1 Å². The molecule has 1 atom stereocenters. The predicted molar refractivity (Wildman–Crippen MR) is 219 cm³/mol. The number of nitrogens with one attached hydrogen (secondary N) is 4. The molecule has 304 valence electrons. The number of carbonyl (C=O) groups excluding carboxylic acids is 5. The second-order valence-electron chi connectivity index (χ2n) is 14.1. The number of hydrazone groups is 1. The SMILES string of the molecule is C=NN/C(OCCCNCCN1CCN(c2ccc(C=O)c(C(=O)N(C)C(C)CCC(=O)NC=O)c2)CC1)=C(/C=Nc1ccc2c(c1)C(C)(C)OC2=O)C(=N)N=C. The van der Waals surface area contributed by atoms with Crippen molar-refractivity contribution in [3.63, 3.8) is 0 Å². The summed E-state index contributed by atoms with van der Waals surface area (Å²) >= 11 is 0. The van der Waals surface area contributed by atoms with Crippen molar-refractivity contribution in [2.45, 2.75) is 51.7 Å². The third kappa shape index (κ3) is 11.7. The van der Waals surface area contributed by atoms with Crippen LogP contribution in [0.3, 0.4) is 0 Å². The highest BCUT2D eigenvalue weighted by Gasteiger charge is 2.37. The lowest BCUT2D eigenvalue weighted by atomic mass is 9.95. The number of hydrogen-bond acceptors (Lipinski definition) is 14. The van der Waals surface area contributed by atoms with Crippen LogP contribution in [-0.4, -0.2) is 131 Å². The topological polar surface area (TPSA) is 211 Å². The number of imide groups is 1. The molecule has 2 aliphatic heterocycles. The predicted octanol–water partition coefficient (Wildman–Crippen LogP) is 3.03. The fourth-order valence-electron chi connectivity index (χ4n) is 6.38. The smallest absolute Gasteiger partial charge is 0.339 e. The first-order chi connectivity index (χ1) is 27.3. The normalized spacial score (nSPS) is 15.8. The highest BCUT2D eigenvalue weighted by atomic mass is 16.6. The zero-order valence-electron chi connectivity index (χ0n) is 33.0. The summed E-state index contributed by atoms with van der Waals surface area (Å²) in [7, 11) is 1.64. The number of benzene rings is 2. The molecule has 1 fully saturated rings. The fourth-order valence-corrected chi connectivity index (χ4v) is 6.38. The van der Waals surface area contributed by atoms with E-state index in [1.54, 1.807) is 37.4 Å². The summed E-state index contributed by atoms with van der Waals surface area (Å²) in [5.41, 5.74) is 5.36. The van der Waals surface area contributed by atoms with Gasteiger partial charge in [-0.25, -0.2) is 15.2 Å². The average Bonchev–Trinajstić information content (AvgIpc) is 3.44. The molecule has 1 saturated heterocycles. The van der Waals surface area contributed by atoms with Crippen LogP contribution in [0.5, 0.6) is 0 Å². The molecule has 1 unspecified atom stereocenters. The molecule has 57 heavy (non-hydrogen) atoms. The van der Waals surface area contributed by atoms with Gasteiger partial charge < -0.3 is 24.6 Å². The summed E-state index contributed by atoms with van der Waals surface area (Å²) in [6.07, 6.45) is 3.55. The van der Waals surface area contributed by atoms with Crippen LogP contribution < -0.4 is 21.0 Å². The highest BCUT2D eigenvalue weighted by Crippen LogP contribution is 2.37. The van der Waals surface area contributed by atoms with E-state index in [4.69, 9.17) is 14.9 Å². The molecular weight excluding hydrogens is 733 g/mol. The molecule has 4 rings (SSSR count). The van der Waals surface area contributed by atoms with E-state index >= 15 is 0 Å². The molecule has 0 bridgehead atoms. The van der Waals surface area contributed by atoms with Gasteiger partial charge >= 0.3 is 5.97 Å². The van der Waals surface area contributed by atoms with Crippen LogP contribution in [-0.2, 0) is 24.7 Å². The summed E-state index contributed by atoms with van der Waals surface area (Å²) < 4.78 is 11.4. The van der Waals surface area contributed by atoms with Gasteiger partial charge in [0.25, 0.3) is 5.91 Å². The minimum absolute atomic E-state index is 0.0927. The quantitative estimate of drug-likeness (QED) is 0.0275. The van der Waals surface area contributed by atoms with Crippen LogP contribution in [0, 0.1) is 5.41 Å². The number of carbonyl (C=O) groups is 5. The number of rotatable bonds is 21. The largest absolute Gasteiger partial charge is 0.477 e. The summed E-state index contributed by atoms with van der Waals surface area (Å²) in [5, 5.41) is 17.6. The van der Waals surface area contributed by atoms with E-state index in [-0.39, 0.29) is 41.6 Å². The summed E-state index contributed by atoms with van der Waals surface area (Å²) in [4.78, 5) is 73.9. The van der Waals surface area contributed by atoms with Gasteiger partial charge in [-0.05, 0) is 83.3 Å². The highest BCUT2D eigenvalue weighted by molar-refractivity contribution is 6.15. The van der Waals surface area contributed by atoms with Crippen molar-refractivity contribution in [1.82, 2.24) is 25.9 Å². The van der Waals surface area contributed by atoms with Gasteiger partial charge in [-0.1, -0.05) is 0 Å². The first kappa shape index (κ1) is 43.7. The number of fused-ring (bicyclic) bond motifs is 1. The Labute approximate surface area is 332 Å². The summed E-state index contributed by atoms with van der Waals surface area (Å²) in [5.74, 6) is -1.13. The molecule has 0 aromatic heterocycles. The molecule has 2 heterocycles. The van der Waals surface area contributed by atoms with Gasteiger partial charge in [0.1, 0.15) is 5.60 Å².